The predicted octanol–water partition coefficient (Wildman–Crippen LogP) is 2.71. The summed E-state index contributed by atoms with van der Waals surface area (Å²) in [5.74, 6) is 0.454. The average molecular weight is 345 g/mol. The molecule has 2 aliphatic rings. The Morgan fingerprint density at radius 1 is 1.00 bits per heavy atom. The number of aliphatic hydroxyl groups excluding tert-OH is 1. The Morgan fingerprint density at radius 3 is 2.24 bits per heavy atom. The summed E-state index contributed by atoms with van der Waals surface area (Å²) in [6.45, 7) is 4.76. The zero-order valence-corrected chi connectivity index (χ0v) is 15.1. The molecular weight excluding hydrogens is 314 g/mol. The van der Waals surface area contributed by atoms with E-state index in [2.05, 4.69) is 27.2 Å². The largest absolute Gasteiger partial charge is 0.396 e. The molecule has 1 aromatic carbocycles. The lowest BCUT2D eigenvalue weighted by atomic mass is 9.98. The normalized spacial score (nSPS) is 20.3. The minimum atomic E-state index is 0.0463. The van der Waals surface area contributed by atoms with Crippen molar-refractivity contribution in [3.8, 4) is 0 Å². The molecule has 0 aromatic heterocycles. The molecule has 2 saturated heterocycles. The number of benzene rings is 1. The molecule has 0 atom stereocenters. The number of nitrogens with zero attached hydrogens (tertiary/aromatic N) is 2. The summed E-state index contributed by atoms with van der Waals surface area (Å²) in [5.41, 5.74) is 2.12. The molecule has 1 amide bonds. The molecule has 138 valence electrons. The van der Waals surface area contributed by atoms with Crippen molar-refractivity contribution in [3.05, 3.63) is 24.3 Å². The monoisotopic (exact) mass is 345 g/mol. The second-order valence-corrected chi connectivity index (χ2v) is 7.40. The fourth-order valence-electron chi connectivity index (χ4n) is 3.82. The molecule has 0 bridgehead atoms. The number of hydrogen-bond acceptors (Lipinski definition) is 4. The maximum Gasteiger partial charge on any atom is 0.238 e. The first-order valence-corrected chi connectivity index (χ1v) is 9.72. The van der Waals surface area contributed by atoms with E-state index in [4.69, 9.17) is 0 Å². The van der Waals surface area contributed by atoms with Crippen LogP contribution in [-0.4, -0.2) is 55.2 Å². The zero-order chi connectivity index (χ0) is 17.5. The van der Waals surface area contributed by atoms with Crippen molar-refractivity contribution in [2.75, 3.05) is 49.5 Å². The Labute approximate surface area is 151 Å². The Kier molecular flexibility index (Phi) is 6.70. The number of aliphatic hydroxyl groups is 1. The predicted molar refractivity (Wildman–Crippen MR) is 102 cm³/mol. The van der Waals surface area contributed by atoms with Crippen LogP contribution < -0.4 is 10.2 Å². The first kappa shape index (κ1) is 18.2. The van der Waals surface area contributed by atoms with Gasteiger partial charge in [0.15, 0.2) is 0 Å². The number of carbonyl (C=O) groups excluding carboxylic acids is 1. The van der Waals surface area contributed by atoms with Crippen molar-refractivity contribution in [1.29, 1.82) is 0 Å². The molecule has 5 nitrogen and oxygen atoms in total. The highest BCUT2D eigenvalue weighted by atomic mass is 16.3. The van der Waals surface area contributed by atoms with E-state index in [-0.39, 0.29) is 12.5 Å². The number of rotatable bonds is 5. The number of amides is 1. The summed E-state index contributed by atoms with van der Waals surface area (Å²) in [5, 5.41) is 12.2. The van der Waals surface area contributed by atoms with Gasteiger partial charge in [0, 0.05) is 31.1 Å². The summed E-state index contributed by atoms with van der Waals surface area (Å²) >= 11 is 0. The average Bonchev–Trinajstić information content (AvgIpc) is 2.92. The second-order valence-electron chi connectivity index (χ2n) is 7.40. The van der Waals surface area contributed by atoms with E-state index in [0.29, 0.717) is 12.5 Å². The van der Waals surface area contributed by atoms with Crippen LogP contribution in [0.5, 0.6) is 0 Å². The lowest BCUT2D eigenvalue weighted by Crippen LogP contribution is -2.39. The lowest BCUT2D eigenvalue weighted by molar-refractivity contribution is -0.117. The van der Waals surface area contributed by atoms with E-state index in [1.807, 2.05) is 12.1 Å². The first-order valence-electron chi connectivity index (χ1n) is 9.72. The van der Waals surface area contributed by atoms with Gasteiger partial charge in [0.1, 0.15) is 0 Å². The van der Waals surface area contributed by atoms with Gasteiger partial charge in [-0.1, -0.05) is 12.8 Å². The summed E-state index contributed by atoms with van der Waals surface area (Å²) in [6.07, 6.45) is 7.17. The molecule has 3 rings (SSSR count). The van der Waals surface area contributed by atoms with Crippen molar-refractivity contribution in [1.82, 2.24) is 4.90 Å². The maximum absolute atomic E-state index is 12.3. The van der Waals surface area contributed by atoms with Gasteiger partial charge in [-0.15, -0.1) is 0 Å². The van der Waals surface area contributed by atoms with E-state index in [1.165, 1.54) is 31.4 Å². The van der Waals surface area contributed by atoms with Crippen molar-refractivity contribution in [2.24, 2.45) is 5.92 Å². The number of anilines is 2. The smallest absolute Gasteiger partial charge is 0.238 e. The zero-order valence-electron chi connectivity index (χ0n) is 15.1. The van der Waals surface area contributed by atoms with Crippen molar-refractivity contribution in [3.63, 3.8) is 0 Å². The number of piperidine rings is 1. The van der Waals surface area contributed by atoms with E-state index >= 15 is 0 Å². The third kappa shape index (κ3) is 5.44. The summed E-state index contributed by atoms with van der Waals surface area (Å²) in [4.78, 5) is 16.9. The molecular formula is C20H31N3O2. The molecule has 2 aliphatic heterocycles. The maximum atomic E-state index is 12.3. The quantitative estimate of drug-likeness (QED) is 0.861. The standard InChI is InChI=1S/C20H31N3O2/c24-16-17-9-13-22(14-10-17)15-20(25)21-18-5-7-19(8-6-18)23-11-3-1-2-4-12-23/h5-8,17,24H,1-4,9-16H2,(H,21,25). The molecule has 1 aromatic rings. The van der Waals surface area contributed by atoms with Gasteiger partial charge in [0.2, 0.25) is 5.91 Å². The van der Waals surface area contributed by atoms with Gasteiger partial charge in [-0.25, -0.2) is 0 Å². The highest BCUT2D eigenvalue weighted by Gasteiger charge is 2.20. The Bertz CT molecular complexity index is 530. The molecule has 0 spiro atoms. The number of nitrogens with one attached hydrogen (secondary N) is 1. The van der Waals surface area contributed by atoms with Crippen LogP contribution in [0.4, 0.5) is 11.4 Å². The van der Waals surface area contributed by atoms with Gasteiger partial charge in [0.25, 0.3) is 0 Å². The fourth-order valence-corrected chi connectivity index (χ4v) is 3.82. The van der Waals surface area contributed by atoms with Crippen LogP contribution in [0.3, 0.4) is 0 Å². The highest BCUT2D eigenvalue weighted by Crippen LogP contribution is 2.22. The molecule has 5 heteroatoms. The number of likely N-dealkylation sites (tertiary alicyclic amines) is 1. The van der Waals surface area contributed by atoms with Crippen LogP contribution in [0, 0.1) is 5.92 Å². The van der Waals surface area contributed by atoms with Crippen LogP contribution in [0.25, 0.3) is 0 Å². The topological polar surface area (TPSA) is 55.8 Å². The first-order chi connectivity index (χ1) is 12.2. The molecule has 0 unspecified atom stereocenters. The van der Waals surface area contributed by atoms with Gasteiger partial charge in [-0.2, -0.15) is 0 Å². The summed E-state index contributed by atoms with van der Waals surface area (Å²) < 4.78 is 0. The molecule has 0 saturated carbocycles. The van der Waals surface area contributed by atoms with Crippen molar-refractivity contribution in [2.45, 2.75) is 38.5 Å². The lowest BCUT2D eigenvalue weighted by Gasteiger charge is -2.30. The SMILES string of the molecule is O=C(CN1CCC(CO)CC1)Nc1ccc(N2CCCCCC2)cc1. The van der Waals surface area contributed by atoms with Crippen LogP contribution in [0.2, 0.25) is 0 Å². The third-order valence-corrected chi connectivity index (χ3v) is 5.45. The fraction of sp³-hybridized carbons (Fsp3) is 0.650. The van der Waals surface area contributed by atoms with E-state index in [0.717, 1.165) is 44.7 Å². The minimum Gasteiger partial charge on any atom is -0.396 e. The van der Waals surface area contributed by atoms with Crippen LogP contribution in [-0.2, 0) is 4.79 Å². The van der Waals surface area contributed by atoms with Gasteiger partial charge >= 0.3 is 0 Å². The summed E-state index contributed by atoms with van der Waals surface area (Å²) in [7, 11) is 0. The Balaban J connectivity index is 1.47. The summed E-state index contributed by atoms with van der Waals surface area (Å²) in [6, 6.07) is 8.26. The Morgan fingerprint density at radius 2 is 1.64 bits per heavy atom. The molecule has 2 fully saturated rings. The van der Waals surface area contributed by atoms with Crippen molar-refractivity contribution < 1.29 is 9.90 Å². The molecule has 2 heterocycles. The molecule has 0 aliphatic carbocycles. The number of carbonyl (C=O) groups is 1. The molecule has 0 radical (unpaired) electrons. The van der Waals surface area contributed by atoms with Gasteiger partial charge in [-0.05, 0) is 69.0 Å². The second kappa shape index (κ2) is 9.20. The van der Waals surface area contributed by atoms with Gasteiger partial charge in [0.05, 0.1) is 6.54 Å². The molecule has 25 heavy (non-hydrogen) atoms. The third-order valence-electron chi connectivity index (χ3n) is 5.45. The van der Waals surface area contributed by atoms with E-state index in [1.54, 1.807) is 0 Å². The number of hydrogen-bond donors (Lipinski definition) is 2. The van der Waals surface area contributed by atoms with Crippen LogP contribution in [0.1, 0.15) is 38.5 Å². The van der Waals surface area contributed by atoms with Crippen LogP contribution >= 0.6 is 0 Å². The van der Waals surface area contributed by atoms with Crippen molar-refractivity contribution >= 4 is 17.3 Å². The Hall–Kier alpha value is -1.59. The molecule has 2 N–H and O–H groups in total. The van der Waals surface area contributed by atoms with Gasteiger partial charge in [-0.3, -0.25) is 9.69 Å². The van der Waals surface area contributed by atoms with Gasteiger partial charge < -0.3 is 15.3 Å². The minimum absolute atomic E-state index is 0.0463. The van der Waals surface area contributed by atoms with Crippen LogP contribution in [0.15, 0.2) is 24.3 Å². The van der Waals surface area contributed by atoms with E-state index < -0.39 is 0 Å². The van der Waals surface area contributed by atoms with E-state index in [9.17, 15) is 9.90 Å². The highest BCUT2D eigenvalue weighted by molar-refractivity contribution is 5.92.